The summed E-state index contributed by atoms with van der Waals surface area (Å²) in [5.41, 5.74) is 4.85. The number of hydrogen-bond acceptors (Lipinski definition) is 7. The van der Waals surface area contributed by atoms with Crippen molar-refractivity contribution in [3.05, 3.63) is 62.8 Å². The van der Waals surface area contributed by atoms with Crippen molar-refractivity contribution in [1.82, 2.24) is 14.0 Å². The third-order valence-electron chi connectivity index (χ3n) is 6.74. The molecule has 0 spiro atoms. The average molecular weight is 561 g/mol. The molecule has 214 valence electrons. The molecule has 1 aliphatic heterocycles. The molecule has 0 radical (unpaired) electrons. The molecule has 1 fully saturated rings. The fourth-order valence-corrected chi connectivity index (χ4v) is 4.74. The van der Waals surface area contributed by atoms with Gasteiger partial charge in [-0.1, -0.05) is 6.07 Å². The number of amides is 2. The first-order chi connectivity index (χ1) is 19.3. The summed E-state index contributed by atoms with van der Waals surface area (Å²) in [7, 11) is 1.42. The minimum Gasteiger partial charge on any atom is -0.493 e. The zero-order valence-corrected chi connectivity index (χ0v) is 21.9. The number of piperidine rings is 1. The Hall–Kier alpha value is -4.42. The van der Waals surface area contributed by atoms with Crippen LogP contribution >= 0.6 is 0 Å². The van der Waals surface area contributed by atoms with E-state index in [4.69, 9.17) is 19.9 Å². The first-order valence-electron chi connectivity index (χ1n) is 12.6. The van der Waals surface area contributed by atoms with Gasteiger partial charge in [-0.25, -0.2) is 13.6 Å². The Labute approximate surface area is 227 Å². The number of benzene rings is 2. The molecule has 11 nitrogen and oxygen atoms in total. The van der Waals surface area contributed by atoms with Crippen LogP contribution in [0.4, 0.5) is 8.78 Å². The minimum absolute atomic E-state index is 0.0870. The van der Waals surface area contributed by atoms with E-state index in [-0.39, 0.29) is 29.5 Å². The van der Waals surface area contributed by atoms with Crippen LogP contribution in [0, 0.1) is 0 Å². The molecule has 1 aromatic heterocycles. The monoisotopic (exact) mass is 560 g/mol. The Balaban J connectivity index is 1.83. The van der Waals surface area contributed by atoms with Crippen LogP contribution in [-0.4, -0.2) is 72.6 Å². The van der Waals surface area contributed by atoms with Crippen LogP contribution in [0.15, 0.2) is 46.0 Å². The zero-order valence-electron chi connectivity index (χ0n) is 21.9. The number of halogens is 2. The predicted octanol–water partition coefficient (Wildman–Crippen LogP) is 1.56. The van der Waals surface area contributed by atoms with Crippen molar-refractivity contribution < 1.29 is 32.6 Å². The molecule has 0 bridgehead atoms. The molecule has 0 unspecified atom stereocenters. The molecule has 1 saturated heterocycles. The average Bonchev–Trinajstić information content (AvgIpc) is 2.97. The summed E-state index contributed by atoms with van der Waals surface area (Å²) in [5.74, 6) is -0.0767. The van der Waals surface area contributed by atoms with Gasteiger partial charge < -0.3 is 24.8 Å². The number of primary amides is 1. The molecular weight excluding hydrogens is 530 g/mol. The maximum atomic E-state index is 13.8. The molecule has 1 aliphatic rings. The van der Waals surface area contributed by atoms with Crippen molar-refractivity contribution in [3.8, 4) is 17.2 Å². The minimum atomic E-state index is -1.32. The number of rotatable bonds is 12. The third-order valence-corrected chi connectivity index (χ3v) is 6.74. The van der Waals surface area contributed by atoms with Crippen molar-refractivity contribution in [1.29, 1.82) is 0 Å². The lowest BCUT2D eigenvalue weighted by atomic mass is 10.0. The number of nitrogens with zero attached hydrogens (tertiary/aromatic N) is 3. The molecule has 0 saturated carbocycles. The van der Waals surface area contributed by atoms with Crippen LogP contribution in [-0.2, 0) is 16.1 Å². The molecular formula is C27H30F2N4O7. The van der Waals surface area contributed by atoms with Gasteiger partial charge in [-0.2, -0.15) is 0 Å². The van der Waals surface area contributed by atoms with E-state index < -0.39 is 43.2 Å². The number of alkyl halides is 2. The van der Waals surface area contributed by atoms with Gasteiger partial charge in [0.15, 0.2) is 24.2 Å². The Morgan fingerprint density at radius 1 is 1.10 bits per heavy atom. The molecule has 2 amide bonds. The van der Waals surface area contributed by atoms with E-state index in [9.17, 15) is 28.0 Å². The van der Waals surface area contributed by atoms with E-state index in [1.807, 2.05) is 0 Å². The highest BCUT2D eigenvalue weighted by Crippen LogP contribution is 2.29. The number of aromatic nitrogens is 2. The van der Waals surface area contributed by atoms with Crippen molar-refractivity contribution in [2.45, 2.75) is 31.5 Å². The second kappa shape index (κ2) is 12.6. The lowest BCUT2D eigenvalue weighted by Crippen LogP contribution is -2.44. The van der Waals surface area contributed by atoms with Crippen LogP contribution in [0.5, 0.6) is 17.2 Å². The molecule has 4 rings (SSSR count). The first-order valence-corrected chi connectivity index (χ1v) is 12.6. The Bertz CT molecular complexity index is 1490. The van der Waals surface area contributed by atoms with Crippen molar-refractivity contribution >= 4 is 23.2 Å². The van der Waals surface area contributed by atoms with Gasteiger partial charge in [0.05, 0.1) is 24.6 Å². The fourth-order valence-electron chi connectivity index (χ4n) is 4.74. The lowest BCUT2D eigenvalue weighted by Gasteiger charge is -2.31. The zero-order chi connectivity index (χ0) is 28.8. The van der Waals surface area contributed by atoms with Gasteiger partial charge >= 0.3 is 5.69 Å². The summed E-state index contributed by atoms with van der Waals surface area (Å²) >= 11 is 0. The number of hydrogen-bond donors (Lipinski definition) is 1. The van der Waals surface area contributed by atoms with Gasteiger partial charge in [-0.15, -0.1) is 0 Å². The van der Waals surface area contributed by atoms with Crippen LogP contribution < -0.4 is 31.2 Å². The standard InChI is InChI=1S/C27H30F2N4O7/c1-38-23-5-2-17(10-24(23)39-15-25(30)35)14-32-26(36)21-11-19(40-20(12-28)13-29)3-4-22(21)33(27(32)37)18-6-8-31(16-34)9-7-18/h2-5,10-11,16,18,20H,6-9,12-15H2,1H3,(H2,30,35). The summed E-state index contributed by atoms with van der Waals surface area (Å²) in [4.78, 5) is 51.5. The lowest BCUT2D eigenvalue weighted by molar-refractivity contribution is -0.120. The maximum Gasteiger partial charge on any atom is 0.332 e. The molecule has 40 heavy (non-hydrogen) atoms. The largest absolute Gasteiger partial charge is 0.493 e. The van der Waals surface area contributed by atoms with E-state index in [1.54, 1.807) is 17.0 Å². The molecule has 0 atom stereocenters. The van der Waals surface area contributed by atoms with Crippen LogP contribution in [0.25, 0.3) is 10.9 Å². The Morgan fingerprint density at radius 3 is 2.45 bits per heavy atom. The van der Waals surface area contributed by atoms with Gasteiger partial charge in [0.1, 0.15) is 19.1 Å². The smallest absolute Gasteiger partial charge is 0.332 e. The number of nitrogens with two attached hydrogens (primary N) is 1. The van der Waals surface area contributed by atoms with Crippen LogP contribution in [0.3, 0.4) is 0 Å². The van der Waals surface area contributed by atoms with E-state index in [2.05, 4.69) is 0 Å². The topological polar surface area (TPSA) is 135 Å². The van der Waals surface area contributed by atoms with Gasteiger partial charge in [0.25, 0.3) is 11.5 Å². The van der Waals surface area contributed by atoms with E-state index in [0.717, 1.165) is 11.0 Å². The van der Waals surface area contributed by atoms with Crippen molar-refractivity contribution in [2.75, 3.05) is 40.2 Å². The Kier molecular flexibility index (Phi) is 9.02. The maximum absolute atomic E-state index is 13.8. The highest BCUT2D eigenvalue weighted by Gasteiger charge is 2.25. The van der Waals surface area contributed by atoms with Gasteiger partial charge in [0, 0.05) is 19.1 Å². The molecule has 0 aliphatic carbocycles. The van der Waals surface area contributed by atoms with Crippen LogP contribution in [0.2, 0.25) is 0 Å². The predicted molar refractivity (Wildman–Crippen MR) is 142 cm³/mol. The summed E-state index contributed by atoms with van der Waals surface area (Å²) in [6.45, 7) is -1.77. The molecule has 3 aromatic rings. The van der Waals surface area contributed by atoms with Crippen molar-refractivity contribution in [3.63, 3.8) is 0 Å². The molecule has 2 heterocycles. The van der Waals surface area contributed by atoms with E-state index >= 15 is 0 Å². The SMILES string of the molecule is COc1ccc(Cn2c(=O)c3cc(OC(CF)CF)ccc3n(C3CCN(C=O)CC3)c2=O)cc1OCC(N)=O. The molecule has 2 N–H and O–H groups in total. The summed E-state index contributed by atoms with van der Waals surface area (Å²) in [6, 6.07) is 8.82. The number of methoxy groups -OCH3 is 1. The van der Waals surface area contributed by atoms with Gasteiger partial charge in [-0.3, -0.25) is 23.5 Å². The van der Waals surface area contributed by atoms with Gasteiger partial charge in [-0.05, 0) is 48.7 Å². The van der Waals surface area contributed by atoms with E-state index in [1.165, 1.54) is 35.9 Å². The Morgan fingerprint density at radius 2 is 1.82 bits per heavy atom. The quantitative estimate of drug-likeness (QED) is 0.332. The molecule has 13 heteroatoms. The van der Waals surface area contributed by atoms with E-state index in [0.29, 0.717) is 42.8 Å². The number of carbonyl (C=O) groups excluding carboxylic acids is 2. The molecule has 2 aromatic carbocycles. The number of carbonyl (C=O) groups is 2. The fraction of sp³-hybridized carbons (Fsp3) is 0.407. The van der Waals surface area contributed by atoms with Gasteiger partial charge in [0.2, 0.25) is 6.41 Å². The number of ether oxygens (including phenoxy) is 3. The van der Waals surface area contributed by atoms with Crippen LogP contribution in [0.1, 0.15) is 24.4 Å². The normalized spacial score (nSPS) is 13.9. The third kappa shape index (κ3) is 6.08. The second-order valence-corrected chi connectivity index (χ2v) is 9.38. The summed E-state index contributed by atoms with van der Waals surface area (Å²) in [6.07, 6.45) is 0.416. The highest BCUT2D eigenvalue weighted by molar-refractivity contribution is 5.80. The van der Waals surface area contributed by atoms with Crippen molar-refractivity contribution in [2.24, 2.45) is 5.73 Å². The highest BCUT2D eigenvalue weighted by atomic mass is 19.1. The second-order valence-electron chi connectivity index (χ2n) is 9.38. The summed E-state index contributed by atoms with van der Waals surface area (Å²) < 4.78 is 44.8. The summed E-state index contributed by atoms with van der Waals surface area (Å²) in [5, 5.41) is 0.130. The first kappa shape index (κ1) is 28.6. The number of likely N-dealkylation sites (tertiary alicyclic amines) is 1. The number of fused-ring (bicyclic) bond motifs is 1.